The zero-order valence-electron chi connectivity index (χ0n) is 20.9. The Hall–Kier alpha value is -2.94. The minimum atomic E-state index is -3.54. The molecule has 1 aromatic carbocycles. The number of carbonyl (C=O) groups excluding carboxylic acids is 1. The number of hydrogen-bond acceptors (Lipinski definition) is 12. The van der Waals surface area contributed by atoms with Crippen molar-refractivity contribution in [2.45, 2.75) is 49.6 Å². The summed E-state index contributed by atoms with van der Waals surface area (Å²) in [6, 6.07) is 7.65. The van der Waals surface area contributed by atoms with E-state index in [2.05, 4.69) is 25.4 Å². The highest BCUT2D eigenvalue weighted by Gasteiger charge is 2.85. The van der Waals surface area contributed by atoms with Gasteiger partial charge < -0.3 is 30.2 Å². The van der Waals surface area contributed by atoms with Gasteiger partial charge in [-0.1, -0.05) is 18.2 Å². The number of nitrogens with one attached hydrogen (secondary N) is 2. The number of esters is 1. The maximum absolute atomic E-state index is 16.4. The normalized spacial score (nSPS) is 30.3. The Balaban J connectivity index is 1.42. The number of alkyl halides is 1. The van der Waals surface area contributed by atoms with Crippen molar-refractivity contribution in [1.29, 1.82) is 0 Å². The summed E-state index contributed by atoms with van der Waals surface area (Å²) in [5.41, 5.74) is 1.93. The number of aliphatic hydroxyl groups is 1. The first-order valence-electron chi connectivity index (χ1n) is 11.6. The average Bonchev–Trinajstić information content (AvgIpc) is 3.13. The molecule has 38 heavy (non-hydrogen) atoms. The molecule has 1 aliphatic carbocycles. The predicted molar refractivity (Wildman–Crippen MR) is 138 cm³/mol. The molecule has 1 saturated heterocycles. The molecule has 3 heterocycles. The van der Waals surface area contributed by atoms with Gasteiger partial charge in [-0.15, -0.1) is 0 Å². The van der Waals surface area contributed by atoms with E-state index in [4.69, 9.17) is 36.1 Å². The van der Waals surface area contributed by atoms with Crippen LogP contribution in [0.25, 0.3) is 11.2 Å². The number of methoxy groups -OCH3 is 1. The number of rotatable bonds is 9. The van der Waals surface area contributed by atoms with E-state index in [9.17, 15) is 9.90 Å². The molecule has 2 unspecified atom stereocenters. The number of ether oxygens (including phenoxy) is 2. The summed E-state index contributed by atoms with van der Waals surface area (Å²) in [5.74, 6) is 0.0775. The number of nitrogens with zero attached hydrogens (tertiary/aromatic N) is 4. The molecular weight excluding hydrogens is 540 g/mol. The van der Waals surface area contributed by atoms with Gasteiger partial charge in [0.15, 0.2) is 34.5 Å². The van der Waals surface area contributed by atoms with E-state index in [-0.39, 0.29) is 11.6 Å². The van der Waals surface area contributed by atoms with Crippen molar-refractivity contribution < 1.29 is 32.8 Å². The number of hydrogen-bond donors (Lipinski definition) is 4. The van der Waals surface area contributed by atoms with Gasteiger partial charge >= 0.3 is 12.6 Å². The second kappa shape index (κ2) is 9.36. The monoisotopic (exact) mass is 567 g/mol. The number of benzene rings is 1. The van der Waals surface area contributed by atoms with E-state index in [0.717, 1.165) is 0 Å². The van der Waals surface area contributed by atoms with E-state index < -0.39 is 48.4 Å². The molecule has 204 valence electrons. The van der Waals surface area contributed by atoms with Crippen molar-refractivity contribution in [2.24, 2.45) is 0 Å². The van der Waals surface area contributed by atoms with Crippen LogP contribution < -0.4 is 20.7 Å². The Bertz CT molecular complexity index is 1430. The van der Waals surface area contributed by atoms with E-state index >= 15 is 4.39 Å². The molecule has 0 radical (unpaired) electrons. The number of nitrogens with two attached hydrogens (primary N) is 1. The van der Waals surface area contributed by atoms with Gasteiger partial charge in [0.1, 0.15) is 24.0 Å². The van der Waals surface area contributed by atoms with Crippen LogP contribution in [-0.2, 0) is 30.6 Å². The summed E-state index contributed by atoms with van der Waals surface area (Å²) in [4.78, 5) is 24.6. The molecule has 0 amide bonds. The summed E-state index contributed by atoms with van der Waals surface area (Å²) in [6.07, 6.45) is -2.26. The lowest BCUT2D eigenvalue weighted by molar-refractivity contribution is -0.142. The van der Waals surface area contributed by atoms with Crippen LogP contribution >= 0.6 is 6.64 Å². The number of aromatic nitrogens is 4. The van der Waals surface area contributed by atoms with Crippen LogP contribution in [0.1, 0.15) is 20.1 Å². The van der Waals surface area contributed by atoms with Crippen LogP contribution in [0, 0.1) is 0 Å². The molecule has 2 aliphatic rings. The average molecular weight is 568 g/mol. The molecule has 7 atom stereocenters. The van der Waals surface area contributed by atoms with E-state index in [1.165, 1.54) is 31.9 Å². The summed E-state index contributed by atoms with van der Waals surface area (Å²) in [5, 5.41) is 17.2. The van der Waals surface area contributed by atoms with Crippen molar-refractivity contribution in [1.82, 2.24) is 24.6 Å². The van der Waals surface area contributed by atoms with Crippen molar-refractivity contribution in [3.8, 4) is 5.75 Å². The minimum Gasteiger partial charge on any atom is -0.468 e. The Morgan fingerprint density at radius 1 is 1.37 bits per heavy atom. The molecule has 2 fully saturated rings. The SMILES string of the molecule is CNc1nc(N)nc2c1ncn2[C@@H]1O[C@@H]2C(OP(=S)(N[C@H](C)C(=O)OC)Oc3ccccc3)[C@]2(O)[C@@]1(C)F. The van der Waals surface area contributed by atoms with Crippen molar-refractivity contribution in [3.63, 3.8) is 0 Å². The standard InChI is InChI=1S/C22H27FN7O6PS/c1-11(18(31)33-4)29-37(38,35-12-8-6-5-7-9-12)36-15-14-22(15,32)21(2,23)19(34-14)30-10-26-13-16(25-3)27-20(24)28-17(13)30/h5-11,14-15,19,32H,1-4H3,(H,29,38)(H3,24,25,27,28)/t11-,14-,15?,19-,21+,22+,37?/m1/s1. The molecule has 13 nitrogen and oxygen atoms in total. The number of imidazole rings is 1. The predicted octanol–water partition coefficient (Wildman–Crippen LogP) is 1.66. The van der Waals surface area contributed by atoms with Gasteiger partial charge in [-0.2, -0.15) is 9.97 Å². The third-order valence-corrected chi connectivity index (χ3v) is 9.07. The van der Waals surface area contributed by atoms with Gasteiger partial charge in [0.2, 0.25) is 5.95 Å². The molecule has 1 aliphatic heterocycles. The number of para-hydroxylation sites is 1. The van der Waals surface area contributed by atoms with Gasteiger partial charge in [-0.05, 0) is 37.8 Å². The second-order valence-corrected chi connectivity index (χ2v) is 12.2. The van der Waals surface area contributed by atoms with Crippen LogP contribution in [0.3, 0.4) is 0 Å². The lowest BCUT2D eigenvalue weighted by Gasteiger charge is -2.32. The lowest BCUT2D eigenvalue weighted by atomic mass is 9.97. The number of carbonyl (C=O) groups is 1. The van der Waals surface area contributed by atoms with E-state index in [0.29, 0.717) is 17.1 Å². The maximum atomic E-state index is 16.4. The van der Waals surface area contributed by atoms with Gasteiger partial charge in [0, 0.05) is 7.05 Å². The molecule has 0 bridgehead atoms. The lowest BCUT2D eigenvalue weighted by Crippen LogP contribution is -2.45. The Kier molecular flexibility index (Phi) is 6.57. The molecular formula is C22H27FN7O6PS. The first-order valence-corrected chi connectivity index (χ1v) is 14.2. The number of halogens is 1. The quantitative estimate of drug-likeness (QED) is 0.218. The Morgan fingerprint density at radius 2 is 2.08 bits per heavy atom. The maximum Gasteiger partial charge on any atom is 0.323 e. The van der Waals surface area contributed by atoms with Gasteiger partial charge in [0.05, 0.1) is 13.4 Å². The van der Waals surface area contributed by atoms with Gasteiger partial charge in [0.25, 0.3) is 0 Å². The summed E-state index contributed by atoms with van der Waals surface area (Å²) >= 11 is 5.67. The van der Waals surface area contributed by atoms with Crippen molar-refractivity contribution >= 4 is 47.3 Å². The second-order valence-electron chi connectivity index (χ2n) is 9.12. The number of fused-ring (bicyclic) bond motifs is 2. The zero-order valence-corrected chi connectivity index (χ0v) is 22.6. The van der Waals surface area contributed by atoms with Crippen LogP contribution in [0.4, 0.5) is 16.2 Å². The van der Waals surface area contributed by atoms with Gasteiger partial charge in [-0.3, -0.25) is 13.9 Å². The smallest absolute Gasteiger partial charge is 0.323 e. The van der Waals surface area contributed by atoms with E-state index in [1.807, 2.05) is 0 Å². The molecule has 2 aromatic heterocycles. The van der Waals surface area contributed by atoms with Gasteiger partial charge in [-0.25, -0.2) is 14.5 Å². The molecule has 1 saturated carbocycles. The summed E-state index contributed by atoms with van der Waals surface area (Å²) < 4.78 is 40.4. The molecule has 16 heteroatoms. The fraction of sp³-hybridized carbons (Fsp3) is 0.455. The third-order valence-electron chi connectivity index (χ3n) is 6.61. The Morgan fingerprint density at radius 3 is 2.68 bits per heavy atom. The number of anilines is 2. The molecule has 5 N–H and O–H groups in total. The molecule has 3 aromatic rings. The minimum absolute atomic E-state index is 0.0446. The highest BCUT2D eigenvalue weighted by Crippen LogP contribution is 2.66. The molecule has 0 spiro atoms. The van der Waals surface area contributed by atoms with Crippen LogP contribution in [0.5, 0.6) is 5.75 Å². The van der Waals surface area contributed by atoms with Crippen LogP contribution in [-0.4, -0.2) is 74.3 Å². The largest absolute Gasteiger partial charge is 0.468 e. The Labute approximate surface area is 222 Å². The first kappa shape index (κ1) is 26.7. The first-order chi connectivity index (χ1) is 17.9. The highest BCUT2D eigenvalue weighted by molar-refractivity contribution is 8.09. The zero-order chi connectivity index (χ0) is 27.5. The van der Waals surface area contributed by atoms with E-state index in [1.54, 1.807) is 37.4 Å². The van der Waals surface area contributed by atoms with Crippen LogP contribution in [0.15, 0.2) is 36.7 Å². The third kappa shape index (κ3) is 4.19. The fourth-order valence-corrected chi connectivity index (χ4v) is 7.28. The van der Waals surface area contributed by atoms with Crippen molar-refractivity contribution in [3.05, 3.63) is 36.7 Å². The van der Waals surface area contributed by atoms with Crippen LogP contribution in [0.2, 0.25) is 0 Å². The highest BCUT2D eigenvalue weighted by atomic mass is 32.5. The topological polar surface area (TPSA) is 168 Å². The summed E-state index contributed by atoms with van der Waals surface area (Å²) in [7, 11) is 2.87. The molecule has 5 rings (SSSR count). The summed E-state index contributed by atoms with van der Waals surface area (Å²) in [6.45, 7) is -0.815. The fourth-order valence-electron chi connectivity index (χ4n) is 4.57. The number of nitrogen functional groups attached to an aromatic ring is 1. The van der Waals surface area contributed by atoms with Crippen molar-refractivity contribution in [2.75, 3.05) is 25.2 Å².